The van der Waals surface area contributed by atoms with E-state index in [4.69, 9.17) is 10.5 Å². The number of rotatable bonds is 4. The predicted molar refractivity (Wildman–Crippen MR) is 63.7 cm³/mol. The highest BCUT2D eigenvalue weighted by Crippen LogP contribution is 2.25. The Bertz CT molecular complexity index is 349. The van der Waals surface area contributed by atoms with Crippen LogP contribution in [0.3, 0.4) is 0 Å². The molecule has 0 atom stereocenters. The number of phenols is 1. The Kier molecular flexibility index (Phi) is 3.51. The molecule has 0 saturated carbocycles. The van der Waals surface area contributed by atoms with Gasteiger partial charge in [0.15, 0.2) is 0 Å². The number of nitrogens with zero attached hydrogens (tertiary/aromatic N) is 1. The van der Waals surface area contributed by atoms with Crippen molar-refractivity contribution in [2.45, 2.75) is 12.8 Å². The minimum Gasteiger partial charge on any atom is -0.506 e. The van der Waals surface area contributed by atoms with E-state index in [9.17, 15) is 5.11 Å². The van der Waals surface area contributed by atoms with Crippen molar-refractivity contribution in [3.63, 3.8) is 0 Å². The zero-order valence-corrected chi connectivity index (χ0v) is 9.35. The van der Waals surface area contributed by atoms with Gasteiger partial charge in [-0.1, -0.05) is 0 Å². The maximum absolute atomic E-state index is 9.40. The fourth-order valence-electron chi connectivity index (χ4n) is 1.91. The van der Waals surface area contributed by atoms with Crippen LogP contribution >= 0.6 is 0 Å². The fraction of sp³-hybridized carbons (Fsp3) is 0.500. The second kappa shape index (κ2) is 5.07. The summed E-state index contributed by atoms with van der Waals surface area (Å²) in [7, 11) is 0. The standard InChI is InChI=1S/C12H18N2O2/c13-11-4-3-10(9-12(11)15)16-8-7-14-5-1-2-6-14/h3-4,9,15H,1-2,5-8,13H2. The molecule has 88 valence electrons. The Morgan fingerprint density at radius 3 is 2.75 bits per heavy atom. The zero-order chi connectivity index (χ0) is 11.4. The van der Waals surface area contributed by atoms with Crippen molar-refractivity contribution in [2.24, 2.45) is 0 Å². The molecule has 0 unspecified atom stereocenters. The first-order valence-corrected chi connectivity index (χ1v) is 5.69. The minimum absolute atomic E-state index is 0.0821. The highest BCUT2D eigenvalue weighted by atomic mass is 16.5. The van der Waals surface area contributed by atoms with Gasteiger partial charge in [-0.2, -0.15) is 0 Å². The third-order valence-corrected chi connectivity index (χ3v) is 2.88. The Balaban J connectivity index is 1.78. The number of benzene rings is 1. The molecule has 0 aliphatic carbocycles. The first-order valence-electron chi connectivity index (χ1n) is 5.69. The number of aromatic hydroxyl groups is 1. The Hall–Kier alpha value is -1.42. The highest BCUT2D eigenvalue weighted by Gasteiger charge is 2.10. The van der Waals surface area contributed by atoms with Gasteiger partial charge in [0.1, 0.15) is 18.1 Å². The molecule has 1 saturated heterocycles. The molecule has 1 heterocycles. The van der Waals surface area contributed by atoms with Gasteiger partial charge >= 0.3 is 0 Å². The SMILES string of the molecule is Nc1ccc(OCCN2CCCC2)cc1O. The predicted octanol–water partition coefficient (Wildman–Crippen LogP) is 1.45. The largest absolute Gasteiger partial charge is 0.506 e. The topological polar surface area (TPSA) is 58.7 Å². The summed E-state index contributed by atoms with van der Waals surface area (Å²) >= 11 is 0. The summed E-state index contributed by atoms with van der Waals surface area (Å²) in [5.74, 6) is 0.754. The normalized spacial score (nSPS) is 16.5. The van der Waals surface area contributed by atoms with Gasteiger partial charge in [-0.25, -0.2) is 0 Å². The van der Waals surface area contributed by atoms with Crippen LogP contribution in [0.2, 0.25) is 0 Å². The van der Waals surface area contributed by atoms with Crippen LogP contribution < -0.4 is 10.5 Å². The van der Waals surface area contributed by atoms with E-state index in [0.29, 0.717) is 18.0 Å². The number of anilines is 1. The van der Waals surface area contributed by atoms with Gasteiger partial charge in [-0.05, 0) is 38.1 Å². The van der Waals surface area contributed by atoms with Crippen molar-refractivity contribution < 1.29 is 9.84 Å². The highest BCUT2D eigenvalue weighted by molar-refractivity contribution is 5.54. The summed E-state index contributed by atoms with van der Waals surface area (Å²) < 4.78 is 5.55. The molecule has 0 bridgehead atoms. The first kappa shape index (κ1) is 11.1. The smallest absolute Gasteiger partial charge is 0.142 e. The Morgan fingerprint density at radius 2 is 2.06 bits per heavy atom. The molecule has 1 fully saturated rings. The van der Waals surface area contributed by atoms with E-state index in [1.807, 2.05) is 0 Å². The maximum Gasteiger partial charge on any atom is 0.142 e. The Morgan fingerprint density at radius 1 is 1.31 bits per heavy atom. The van der Waals surface area contributed by atoms with E-state index in [-0.39, 0.29) is 5.75 Å². The summed E-state index contributed by atoms with van der Waals surface area (Å²) in [6.07, 6.45) is 2.59. The lowest BCUT2D eigenvalue weighted by molar-refractivity contribution is 0.237. The van der Waals surface area contributed by atoms with Crippen LogP contribution in [0.15, 0.2) is 18.2 Å². The molecule has 2 rings (SSSR count). The number of nitrogen functional groups attached to an aromatic ring is 1. The van der Waals surface area contributed by atoms with Crippen molar-refractivity contribution in [2.75, 3.05) is 32.0 Å². The van der Waals surface area contributed by atoms with Crippen molar-refractivity contribution >= 4 is 5.69 Å². The number of hydrogen-bond donors (Lipinski definition) is 2. The van der Waals surface area contributed by atoms with Gasteiger partial charge in [0, 0.05) is 12.6 Å². The van der Waals surface area contributed by atoms with Crippen LogP contribution in [0.1, 0.15) is 12.8 Å². The number of ether oxygens (including phenoxy) is 1. The van der Waals surface area contributed by atoms with Crippen molar-refractivity contribution in [3.8, 4) is 11.5 Å². The van der Waals surface area contributed by atoms with Crippen molar-refractivity contribution in [3.05, 3.63) is 18.2 Å². The second-order valence-corrected chi connectivity index (χ2v) is 4.12. The third kappa shape index (κ3) is 2.79. The summed E-state index contributed by atoms with van der Waals surface area (Å²) in [6.45, 7) is 3.96. The van der Waals surface area contributed by atoms with Crippen LogP contribution in [0, 0.1) is 0 Å². The monoisotopic (exact) mass is 222 g/mol. The van der Waals surface area contributed by atoms with E-state index >= 15 is 0 Å². The molecule has 4 heteroatoms. The number of likely N-dealkylation sites (tertiary alicyclic amines) is 1. The van der Waals surface area contributed by atoms with Gasteiger partial charge in [-0.15, -0.1) is 0 Å². The van der Waals surface area contributed by atoms with Gasteiger partial charge in [-0.3, -0.25) is 4.90 Å². The molecule has 1 aliphatic heterocycles. The minimum atomic E-state index is 0.0821. The van der Waals surface area contributed by atoms with Crippen LogP contribution in [0.25, 0.3) is 0 Å². The van der Waals surface area contributed by atoms with Crippen LogP contribution in [-0.4, -0.2) is 36.2 Å². The summed E-state index contributed by atoms with van der Waals surface area (Å²) in [4.78, 5) is 2.39. The van der Waals surface area contributed by atoms with Crippen LogP contribution in [0.5, 0.6) is 11.5 Å². The molecule has 1 aromatic rings. The number of nitrogens with two attached hydrogens (primary N) is 1. The van der Waals surface area contributed by atoms with Crippen LogP contribution in [0.4, 0.5) is 5.69 Å². The zero-order valence-electron chi connectivity index (χ0n) is 9.35. The molecule has 1 aliphatic rings. The molecule has 0 radical (unpaired) electrons. The van der Waals surface area contributed by atoms with Crippen molar-refractivity contribution in [1.29, 1.82) is 0 Å². The lowest BCUT2D eigenvalue weighted by Crippen LogP contribution is -2.25. The third-order valence-electron chi connectivity index (χ3n) is 2.88. The molecule has 3 N–H and O–H groups in total. The van der Waals surface area contributed by atoms with E-state index < -0.39 is 0 Å². The van der Waals surface area contributed by atoms with E-state index in [1.54, 1.807) is 18.2 Å². The van der Waals surface area contributed by atoms with Gasteiger partial charge in [0.2, 0.25) is 0 Å². The second-order valence-electron chi connectivity index (χ2n) is 4.12. The van der Waals surface area contributed by atoms with E-state index in [1.165, 1.54) is 25.9 Å². The average molecular weight is 222 g/mol. The fourth-order valence-corrected chi connectivity index (χ4v) is 1.91. The van der Waals surface area contributed by atoms with E-state index in [0.717, 1.165) is 6.54 Å². The molecular weight excluding hydrogens is 204 g/mol. The molecule has 16 heavy (non-hydrogen) atoms. The molecule has 1 aromatic carbocycles. The number of hydrogen-bond acceptors (Lipinski definition) is 4. The molecular formula is C12H18N2O2. The molecule has 4 nitrogen and oxygen atoms in total. The molecule has 0 aromatic heterocycles. The Labute approximate surface area is 95.6 Å². The van der Waals surface area contributed by atoms with E-state index in [2.05, 4.69) is 4.90 Å². The quantitative estimate of drug-likeness (QED) is 0.598. The first-order chi connectivity index (χ1) is 7.75. The van der Waals surface area contributed by atoms with Crippen molar-refractivity contribution in [1.82, 2.24) is 4.90 Å². The molecule has 0 spiro atoms. The summed E-state index contributed by atoms with van der Waals surface area (Å²) in [6, 6.07) is 4.98. The maximum atomic E-state index is 9.40. The van der Waals surface area contributed by atoms with Gasteiger partial charge in [0.25, 0.3) is 0 Å². The summed E-state index contributed by atoms with van der Waals surface area (Å²) in [5, 5.41) is 9.40. The van der Waals surface area contributed by atoms with Gasteiger partial charge < -0.3 is 15.6 Å². The molecule has 0 amide bonds. The van der Waals surface area contributed by atoms with Gasteiger partial charge in [0.05, 0.1) is 5.69 Å². The average Bonchev–Trinajstić information content (AvgIpc) is 2.76. The lowest BCUT2D eigenvalue weighted by atomic mass is 10.3. The summed E-state index contributed by atoms with van der Waals surface area (Å²) in [5.41, 5.74) is 5.88. The number of phenolic OH excluding ortho intramolecular Hbond substituents is 1. The van der Waals surface area contributed by atoms with Crippen LogP contribution in [-0.2, 0) is 0 Å². The lowest BCUT2D eigenvalue weighted by Gasteiger charge is -2.15.